The fourth-order valence-electron chi connectivity index (χ4n) is 5.58. The molecule has 0 unspecified atom stereocenters. The second-order valence-electron chi connectivity index (χ2n) is 8.74. The van der Waals surface area contributed by atoms with Gasteiger partial charge in [-0.25, -0.2) is 0 Å². The number of halogens is 6. The average Bonchev–Trinajstić information content (AvgIpc) is 2.77. The van der Waals surface area contributed by atoms with Crippen molar-refractivity contribution in [1.82, 2.24) is 0 Å². The lowest BCUT2D eigenvalue weighted by molar-refractivity contribution is -0.137. The molecule has 166 valence electrons. The summed E-state index contributed by atoms with van der Waals surface area (Å²) in [5.74, 6) is 0. The largest absolute Gasteiger partial charge is 0.417 e. The van der Waals surface area contributed by atoms with Crippen LogP contribution < -0.4 is 0 Å². The monoisotopic (exact) mass is 462 g/mol. The van der Waals surface area contributed by atoms with Gasteiger partial charge in [0.05, 0.1) is 11.1 Å². The molecule has 34 heavy (non-hydrogen) atoms. The lowest BCUT2D eigenvalue weighted by Crippen LogP contribution is -2.16. The van der Waals surface area contributed by atoms with Crippen molar-refractivity contribution in [2.24, 2.45) is 0 Å². The van der Waals surface area contributed by atoms with E-state index in [4.69, 9.17) is 0 Å². The maximum atomic E-state index is 14.5. The summed E-state index contributed by atoms with van der Waals surface area (Å²) in [6.45, 7) is 0. The van der Waals surface area contributed by atoms with E-state index in [2.05, 4.69) is 0 Å². The van der Waals surface area contributed by atoms with Crippen LogP contribution in [0, 0.1) is 0 Å². The maximum absolute atomic E-state index is 14.5. The normalized spacial score (nSPS) is 13.6. The van der Waals surface area contributed by atoms with Crippen molar-refractivity contribution in [2.75, 3.05) is 0 Å². The zero-order valence-electron chi connectivity index (χ0n) is 17.2. The zero-order chi connectivity index (χ0) is 23.6. The summed E-state index contributed by atoms with van der Waals surface area (Å²) in [4.78, 5) is 0. The first kappa shape index (κ1) is 19.6. The molecule has 0 heterocycles. The van der Waals surface area contributed by atoms with Crippen molar-refractivity contribution in [3.8, 4) is 0 Å². The van der Waals surface area contributed by atoms with Gasteiger partial charge in [0.15, 0.2) is 0 Å². The topological polar surface area (TPSA) is 0 Å². The second kappa shape index (κ2) is 6.00. The summed E-state index contributed by atoms with van der Waals surface area (Å²) in [6, 6.07) is 20.2. The minimum Gasteiger partial charge on any atom is -0.166 e. The molecule has 0 atom stereocenters. The molecule has 0 saturated heterocycles. The Kier molecular flexibility index (Phi) is 3.47. The van der Waals surface area contributed by atoms with Gasteiger partial charge in [-0.15, -0.1) is 0 Å². The van der Waals surface area contributed by atoms with Crippen LogP contribution >= 0.6 is 0 Å². The van der Waals surface area contributed by atoms with Crippen molar-refractivity contribution < 1.29 is 26.3 Å². The van der Waals surface area contributed by atoms with Crippen LogP contribution in [0.4, 0.5) is 26.3 Å². The van der Waals surface area contributed by atoms with Crippen LogP contribution in [0.5, 0.6) is 0 Å². The molecule has 7 rings (SSSR count). The fraction of sp³-hybridized carbons (Fsp3) is 0.0714. The number of alkyl halides is 6. The third kappa shape index (κ3) is 2.35. The number of hydrogen-bond acceptors (Lipinski definition) is 0. The molecule has 0 nitrogen and oxygen atoms in total. The van der Waals surface area contributed by atoms with Gasteiger partial charge in [0.1, 0.15) is 0 Å². The van der Waals surface area contributed by atoms with Gasteiger partial charge in [-0.1, -0.05) is 48.5 Å². The Morgan fingerprint density at radius 3 is 0.824 bits per heavy atom. The molecule has 0 fully saturated rings. The highest BCUT2D eigenvalue weighted by Gasteiger charge is 2.45. The van der Waals surface area contributed by atoms with E-state index in [0.717, 1.165) is 0 Å². The molecule has 0 bridgehead atoms. The first-order valence-electron chi connectivity index (χ1n) is 10.6. The molecule has 6 heteroatoms. The van der Waals surface area contributed by atoms with Gasteiger partial charge in [0.2, 0.25) is 0 Å². The summed E-state index contributed by atoms with van der Waals surface area (Å²) in [6.07, 6.45) is -9.63. The SMILES string of the molecule is FC(F)(F)c1c2c3cc4ccccc4cc3c2c(C(F)(F)F)c2c3cc4ccccc4cc3c12. The highest BCUT2D eigenvalue weighted by Crippen LogP contribution is 2.58. The fourth-order valence-corrected chi connectivity index (χ4v) is 5.58. The first-order chi connectivity index (χ1) is 16.1. The van der Waals surface area contributed by atoms with E-state index >= 15 is 0 Å². The summed E-state index contributed by atoms with van der Waals surface area (Å²) in [5.41, 5.74) is -1.95. The molecule has 7 aromatic carbocycles. The van der Waals surface area contributed by atoms with E-state index in [9.17, 15) is 26.3 Å². The van der Waals surface area contributed by atoms with Crippen LogP contribution in [-0.4, -0.2) is 0 Å². The molecule has 0 amide bonds. The Hall–Kier alpha value is -3.80. The molecule has 0 aliphatic rings. The van der Waals surface area contributed by atoms with E-state index in [1.807, 2.05) is 0 Å². The summed E-state index contributed by atoms with van der Waals surface area (Å²) < 4.78 is 87.0. The average molecular weight is 462 g/mol. The number of benzene rings is 5. The van der Waals surface area contributed by atoms with Crippen LogP contribution in [-0.2, 0) is 12.4 Å². The number of fused-ring (bicyclic) bond motifs is 10. The maximum Gasteiger partial charge on any atom is 0.417 e. The van der Waals surface area contributed by atoms with Crippen molar-refractivity contribution >= 4 is 64.6 Å². The molecule has 0 aliphatic carbocycles. The summed E-state index contributed by atoms with van der Waals surface area (Å²) in [7, 11) is 0. The van der Waals surface area contributed by atoms with Gasteiger partial charge in [-0.3, -0.25) is 0 Å². The molecule has 0 aromatic heterocycles. The second-order valence-corrected chi connectivity index (χ2v) is 8.74. The lowest BCUT2D eigenvalue weighted by atomic mass is 9.77. The van der Waals surface area contributed by atoms with Crippen molar-refractivity contribution in [3.63, 3.8) is 0 Å². The molecule has 7 aromatic rings. The van der Waals surface area contributed by atoms with Crippen LogP contribution in [0.25, 0.3) is 64.6 Å². The van der Waals surface area contributed by atoms with Crippen molar-refractivity contribution in [2.45, 2.75) is 12.4 Å². The number of hydrogen-bond donors (Lipinski definition) is 0. The smallest absolute Gasteiger partial charge is 0.166 e. The molecular weight excluding hydrogens is 450 g/mol. The Bertz CT molecular complexity index is 1660. The first-order valence-corrected chi connectivity index (χ1v) is 10.6. The van der Waals surface area contributed by atoms with Gasteiger partial charge in [0, 0.05) is 21.5 Å². The van der Waals surface area contributed by atoms with Crippen LogP contribution in [0.3, 0.4) is 0 Å². The minimum atomic E-state index is -4.81. The van der Waals surface area contributed by atoms with Crippen LogP contribution in [0.15, 0.2) is 72.8 Å². The van der Waals surface area contributed by atoms with E-state index in [-0.39, 0.29) is 43.1 Å². The van der Waals surface area contributed by atoms with Gasteiger partial charge < -0.3 is 0 Å². The molecule has 0 aliphatic heterocycles. The van der Waals surface area contributed by atoms with Gasteiger partial charge in [-0.2, -0.15) is 26.3 Å². The van der Waals surface area contributed by atoms with E-state index in [1.54, 1.807) is 72.8 Å². The molecule has 0 radical (unpaired) electrons. The standard InChI is InChI=1S/C28H12F6/c29-27(30,31)25-21-17-9-13-5-1-2-6-14(13)10-18(17)22(21)26(28(32,33)34)24-20-12-16-8-4-3-7-15(16)11-19(20)23(24)25/h1-12H. The van der Waals surface area contributed by atoms with Crippen molar-refractivity contribution in [3.05, 3.63) is 83.9 Å². The third-order valence-electron chi connectivity index (χ3n) is 6.92. The highest BCUT2D eigenvalue weighted by molar-refractivity contribution is 6.40. The Morgan fingerprint density at radius 1 is 0.382 bits per heavy atom. The Balaban J connectivity index is 1.78. The predicted octanol–water partition coefficient (Wildman–Crippen LogP) is 9.52. The van der Waals surface area contributed by atoms with Gasteiger partial charge in [-0.05, 0) is 67.4 Å². The van der Waals surface area contributed by atoms with Crippen LogP contribution in [0.2, 0.25) is 0 Å². The highest BCUT2D eigenvalue weighted by atomic mass is 19.4. The summed E-state index contributed by atoms with van der Waals surface area (Å²) in [5, 5.41) is 2.18. The summed E-state index contributed by atoms with van der Waals surface area (Å²) >= 11 is 0. The Labute approximate surface area is 187 Å². The molecule has 0 N–H and O–H groups in total. The molecular formula is C28H12F6. The zero-order valence-corrected chi connectivity index (χ0v) is 17.2. The van der Waals surface area contributed by atoms with Crippen LogP contribution in [0.1, 0.15) is 11.1 Å². The number of rotatable bonds is 0. The predicted molar refractivity (Wildman–Crippen MR) is 124 cm³/mol. The Morgan fingerprint density at radius 2 is 0.618 bits per heavy atom. The third-order valence-corrected chi connectivity index (χ3v) is 6.92. The minimum absolute atomic E-state index is 0.212. The van der Waals surface area contributed by atoms with Crippen molar-refractivity contribution in [1.29, 1.82) is 0 Å². The molecule has 0 saturated carbocycles. The van der Waals surface area contributed by atoms with E-state index < -0.39 is 23.5 Å². The quantitative estimate of drug-likeness (QED) is 0.197. The lowest BCUT2D eigenvalue weighted by Gasteiger charge is -2.29. The van der Waals surface area contributed by atoms with Gasteiger partial charge in [0.25, 0.3) is 0 Å². The van der Waals surface area contributed by atoms with E-state index in [1.165, 1.54) is 0 Å². The van der Waals surface area contributed by atoms with E-state index in [0.29, 0.717) is 21.5 Å². The van der Waals surface area contributed by atoms with Gasteiger partial charge >= 0.3 is 12.4 Å². The molecule has 0 spiro atoms.